The van der Waals surface area contributed by atoms with Crippen LogP contribution in [0.25, 0.3) is 0 Å². The lowest BCUT2D eigenvalue weighted by molar-refractivity contribution is -0.158. The fraction of sp³-hybridized carbons (Fsp3) is 0.500. The maximum Gasteiger partial charge on any atom is 0.399 e. The molecule has 1 aromatic carbocycles. The Kier molecular flexibility index (Phi) is 4.65. The summed E-state index contributed by atoms with van der Waals surface area (Å²) >= 11 is 4.55. The van der Waals surface area contributed by atoms with Crippen molar-refractivity contribution in [2.75, 3.05) is 19.6 Å². The number of halogens is 3. The maximum absolute atomic E-state index is 12.9. The van der Waals surface area contributed by atoms with E-state index < -0.39 is 17.1 Å². The number of alkyl halides is 3. The van der Waals surface area contributed by atoms with Gasteiger partial charge >= 0.3 is 6.18 Å². The van der Waals surface area contributed by atoms with E-state index in [1.165, 1.54) is 5.56 Å². The highest BCUT2D eigenvalue weighted by Gasteiger charge is 2.43. The SMILES string of the molecule is NC(=S)C(CN1CCC(c2ccccc2)C1)C(F)(F)F. The van der Waals surface area contributed by atoms with E-state index in [0.29, 0.717) is 13.1 Å². The zero-order chi connectivity index (χ0) is 14.8. The van der Waals surface area contributed by atoms with E-state index in [-0.39, 0.29) is 12.5 Å². The summed E-state index contributed by atoms with van der Waals surface area (Å²) in [6, 6.07) is 9.87. The first-order valence-electron chi connectivity index (χ1n) is 6.51. The number of hydrogen-bond donors (Lipinski definition) is 1. The molecule has 0 spiro atoms. The predicted octanol–water partition coefficient (Wildman–Crippen LogP) is 2.94. The first-order valence-corrected chi connectivity index (χ1v) is 6.92. The Morgan fingerprint density at radius 3 is 2.55 bits per heavy atom. The molecule has 0 saturated carbocycles. The summed E-state index contributed by atoms with van der Waals surface area (Å²) in [5.41, 5.74) is 6.41. The average molecular weight is 302 g/mol. The molecule has 2 atom stereocenters. The minimum Gasteiger partial charge on any atom is -0.393 e. The maximum atomic E-state index is 12.9. The van der Waals surface area contributed by atoms with Crippen molar-refractivity contribution in [1.82, 2.24) is 4.90 Å². The summed E-state index contributed by atoms with van der Waals surface area (Å²) in [7, 11) is 0. The Balaban J connectivity index is 1.98. The highest BCUT2D eigenvalue weighted by atomic mass is 32.1. The second kappa shape index (κ2) is 6.10. The van der Waals surface area contributed by atoms with Crippen LogP contribution in [0.4, 0.5) is 13.2 Å². The van der Waals surface area contributed by atoms with E-state index in [9.17, 15) is 13.2 Å². The molecule has 0 bridgehead atoms. The second-order valence-electron chi connectivity index (χ2n) is 5.15. The van der Waals surface area contributed by atoms with Gasteiger partial charge in [-0.15, -0.1) is 0 Å². The van der Waals surface area contributed by atoms with Gasteiger partial charge in [-0.25, -0.2) is 0 Å². The minimum atomic E-state index is -4.36. The Morgan fingerprint density at radius 2 is 2.00 bits per heavy atom. The fourth-order valence-electron chi connectivity index (χ4n) is 2.61. The highest BCUT2D eigenvalue weighted by molar-refractivity contribution is 7.80. The molecule has 0 aromatic heterocycles. The number of hydrogen-bond acceptors (Lipinski definition) is 2. The quantitative estimate of drug-likeness (QED) is 0.867. The van der Waals surface area contributed by atoms with Gasteiger partial charge in [-0.05, 0) is 24.4 Å². The molecule has 1 heterocycles. The molecule has 1 fully saturated rings. The van der Waals surface area contributed by atoms with Crippen LogP contribution in [0.5, 0.6) is 0 Å². The van der Waals surface area contributed by atoms with Crippen LogP contribution in [-0.4, -0.2) is 35.7 Å². The largest absolute Gasteiger partial charge is 0.399 e. The molecule has 1 aromatic rings. The number of thiocarbonyl (C=S) groups is 1. The lowest BCUT2D eigenvalue weighted by Gasteiger charge is -2.25. The van der Waals surface area contributed by atoms with E-state index >= 15 is 0 Å². The third kappa shape index (κ3) is 3.70. The molecular weight excluding hydrogens is 285 g/mol. The van der Waals surface area contributed by atoms with Crippen molar-refractivity contribution in [2.24, 2.45) is 11.7 Å². The van der Waals surface area contributed by atoms with Crippen LogP contribution in [0.2, 0.25) is 0 Å². The first kappa shape index (κ1) is 15.3. The summed E-state index contributed by atoms with van der Waals surface area (Å²) in [6.45, 7) is 1.14. The summed E-state index contributed by atoms with van der Waals surface area (Å²) in [6.07, 6.45) is -3.50. The van der Waals surface area contributed by atoms with Gasteiger partial charge < -0.3 is 10.6 Å². The molecule has 1 aliphatic heterocycles. The molecule has 110 valence electrons. The highest BCUT2D eigenvalue weighted by Crippen LogP contribution is 2.31. The van der Waals surface area contributed by atoms with Crippen molar-refractivity contribution in [3.05, 3.63) is 35.9 Å². The van der Waals surface area contributed by atoms with Gasteiger partial charge in [-0.3, -0.25) is 0 Å². The topological polar surface area (TPSA) is 29.3 Å². The third-order valence-corrected chi connectivity index (χ3v) is 4.01. The number of nitrogens with zero attached hydrogens (tertiary/aromatic N) is 1. The molecule has 2 N–H and O–H groups in total. The van der Waals surface area contributed by atoms with Crippen molar-refractivity contribution in [3.8, 4) is 0 Å². The predicted molar refractivity (Wildman–Crippen MR) is 76.6 cm³/mol. The van der Waals surface area contributed by atoms with E-state index in [4.69, 9.17) is 5.73 Å². The summed E-state index contributed by atoms with van der Waals surface area (Å²) in [5, 5.41) is 0. The van der Waals surface area contributed by atoms with Gasteiger partial charge in [0.2, 0.25) is 0 Å². The summed E-state index contributed by atoms with van der Waals surface area (Å²) in [5.74, 6) is -1.43. The molecule has 1 saturated heterocycles. The minimum absolute atomic E-state index is 0.137. The summed E-state index contributed by atoms with van der Waals surface area (Å²) in [4.78, 5) is 1.33. The van der Waals surface area contributed by atoms with Crippen molar-refractivity contribution in [1.29, 1.82) is 0 Å². The molecule has 20 heavy (non-hydrogen) atoms. The zero-order valence-electron chi connectivity index (χ0n) is 10.9. The van der Waals surface area contributed by atoms with Crippen LogP contribution in [0, 0.1) is 5.92 Å². The molecule has 0 radical (unpaired) electrons. The van der Waals surface area contributed by atoms with Crippen LogP contribution in [0.15, 0.2) is 30.3 Å². The average Bonchev–Trinajstić information content (AvgIpc) is 2.84. The van der Waals surface area contributed by atoms with Gasteiger partial charge in [0.15, 0.2) is 0 Å². The first-order chi connectivity index (χ1) is 9.38. The molecule has 2 rings (SSSR count). The lowest BCUT2D eigenvalue weighted by Crippen LogP contribution is -2.42. The van der Waals surface area contributed by atoms with E-state index in [0.717, 1.165) is 6.42 Å². The number of rotatable bonds is 4. The van der Waals surface area contributed by atoms with Crippen LogP contribution in [0.3, 0.4) is 0 Å². The third-order valence-electron chi connectivity index (χ3n) is 3.72. The van der Waals surface area contributed by atoms with Crippen molar-refractivity contribution < 1.29 is 13.2 Å². The Hall–Kier alpha value is -1.14. The standard InChI is InChI=1S/C14H17F3N2S/c15-14(16,17)12(13(18)20)9-19-7-6-11(8-19)10-4-2-1-3-5-10/h1-5,11-12H,6-9H2,(H2,18,20). The van der Waals surface area contributed by atoms with E-state index in [1.807, 2.05) is 30.3 Å². The molecule has 6 heteroatoms. The summed E-state index contributed by atoms with van der Waals surface area (Å²) < 4.78 is 38.6. The van der Waals surface area contributed by atoms with Gasteiger partial charge in [-0.1, -0.05) is 42.5 Å². The van der Waals surface area contributed by atoms with E-state index in [1.54, 1.807) is 4.90 Å². The molecule has 0 aliphatic carbocycles. The van der Waals surface area contributed by atoms with Gasteiger partial charge in [0.05, 0.1) is 4.99 Å². The van der Waals surface area contributed by atoms with Crippen LogP contribution < -0.4 is 5.73 Å². The van der Waals surface area contributed by atoms with Crippen LogP contribution in [-0.2, 0) is 0 Å². The lowest BCUT2D eigenvalue weighted by atomic mass is 9.99. The van der Waals surface area contributed by atoms with Gasteiger partial charge in [0, 0.05) is 13.1 Å². The molecule has 1 aliphatic rings. The van der Waals surface area contributed by atoms with Crippen molar-refractivity contribution in [2.45, 2.75) is 18.5 Å². The van der Waals surface area contributed by atoms with Gasteiger partial charge in [0.1, 0.15) is 5.92 Å². The monoisotopic (exact) mass is 302 g/mol. The second-order valence-corrected chi connectivity index (χ2v) is 5.62. The number of nitrogens with two attached hydrogens (primary N) is 1. The molecule has 2 nitrogen and oxygen atoms in total. The van der Waals surface area contributed by atoms with Gasteiger partial charge in [-0.2, -0.15) is 13.2 Å². The Bertz CT molecular complexity index is 461. The molecule has 2 unspecified atom stereocenters. The van der Waals surface area contributed by atoms with Crippen LogP contribution in [0.1, 0.15) is 17.9 Å². The Labute approximate surface area is 121 Å². The van der Waals surface area contributed by atoms with E-state index in [2.05, 4.69) is 12.2 Å². The van der Waals surface area contributed by atoms with Gasteiger partial charge in [0.25, 0.3) is 0 Å². The molecule has 0 amide bonds. The normalized spacial score (nSPS) is 21.9. The Morgan fingerprint density at radius 1 is 1.35 bits per heavy atom. The number of benzene rings is 1. The fourth-order valence-corrected chi connectivity index (χ4v) is 2.82. The molecular formula is C14H17F3N2S. The van der Waals surface area contributed by atoms with Crippen LogP contribution >= 0.6 is 12.2 Å². The smallest absolute Gasteiger partial charge is 0.393 e. The number of likely N-dealkylation sites (tertiary alicyclic amines) is 1. The van der Waals surface area contributed by atoms with Crippen molar-refractivity contribution in [3.63, 3.8) is 0 Å². The van der Waals surface area contributed by atoms with Crippen molar-refractivity contribution >= 4 is 17.2 Å². The zero-order valence-corrected chi connectivity index (χ0v) is 11.8.